The van der Waals surface area contributed by atoms with Crippen LogP contribution in [-0.4, -0.2) is 127 Å². The quantitative estimate of drug-likeness (QED) is 0.0726. The first-order valence-corrected chi connectivity index (χ1v) is 15.6. The second kappa shape index (κ2) is 15.5. The number of methoxy groups -OCH3 is 1. The van der Waals surface area contributed by atoms with Gasteiger partial charge in [-0.05, 0) is 41.5 Å². The Hall–Kier alpha value is -5.95. The van der Waals surface area contributed by atoms with Crippen molar-refractivity contribution in [2.45, 2.75) is 55.6 Å². The molecule has 0 radical (unpaired) electrons. The van der Waals surface area contributed by atoms with Crippen molar-refractivity contribution in [3.63, 3.8) is 0 Å². The number of aliphatic hydroxyl groups excluding tert-OH is 3. The molecule has 0 unspecified atom stereocenters. The summed E-state index contributed by atoms with van der Waals surface area (Å²) in [6.07, 6.45) is -2.67. The van der Waals surface area contributed by atoms with Crippen molar-refractivity contribution < 1.29 is 83.6 Å². The number of hydrogen-bond donors (Lipinski definition) is 8. The number of carbonyl (C=O) groups is 4. The zero-order chi connectivity index (χ0) is 37.9. The highest BCUT2D eigenvalue weighted by atomic mass is 16.7. The number of ether oxygens (including phenoxy) is 4. The lowest BCUT2D eigenvalue weighted by Gasteiger charge is -2.39. The van der Waals surface area contributed by atoms with Gasteiger partial charge in [0.25, 0.3) is 0 Å². The average Bonchev–Trinajstić information content (AvgIpc) is 3.47. The number of hydrogen-bond acceptors (Lipinski definition) is 15. The maximum absolute atomic E-state index is 12.4. The van der Waals surface area contributed by atoms with Crippen molar-refractivity contribution in [2.75, 3.05) is 13.7 Å². The molecule has 1 fully saturated rings. The van der Waals surface area contributed by atoms with Gasteiger partial charge >= 0.3 is 17.9 Å². The Kier molecular flexibility index (Phi) is 11.1. The van der Waals surface area contributed by atoms with E-state index >= 15 is 0 Å². The number of carboxylic acid groups (broad SMARTS) is 3. The van der Waals surface area contributed by atoms with Crippen LogP contribution in [0.15, 0.2) is 59.8 Å². The van der Waals surface area contributed by atoms with E-state index in [0.29, 0.717) is 11.1 Å². The van der Waals surface area contributed by atoms with Crippen LogP contribution in [0.5, 0.6) is 23.0 Å². The lowest BCUT2D eigenvalue weighted by atomic mass is 9.99. The Morgan fingerprint density at radius 1 is 1.00 bits per heavy atom. The van der Waals surface area contributed by atoms with Gasteiger partial charge in [0.2, 0.25) is 18.0 Å². The Balaban J connectivity index is 1.34. The molecule has 18 nitrogen and oxygen atoms in total. The third kappa shape index (κ3) is 8.16. The molecule has 0 bridgehead atoms. The van der Waals surface area contributed by atoms with Crippen LogP contribution in [0.4, 0.5) is 5.69 Å². The van der Waals surface area contributed by atoms with Crippen molar-refractivity contribution in [1.29, 1.82) is 0 Å². The van der Waals surface area contributed by atoms with Crippen LogP contribution in [0.1, 0.15) is 17.5 Å². The third-order valence-electron chi connectivity index (χ3n) is 8.45. The van der Waals surface area contributed by atoms with Gasteiger partial charge in [0.15, 0.2) is 29.2 Å². The minimum absolute atomic E-state index is 0.105. The van der Waals surface area contributed by atoms with E-state index in [1.807, 2.05) is 0 Å². The first kappa shape index (κ1) is 37.3. The Morgan fingerprint density at radius 3 is 2.42 bits per heavy atom. The van der Waals surface area contributed by atoms with Crippen LogP contribution < -0.4 is 19.9 Å². The van der Waals surface area contributed by atoms with Gasteiger partial charge < -0.3 is 69.9 Å². The Morgan fingerprint density at radius 2 is 1.75 bits per heavy atom. The molecule has 0 spiro atoms. The highest BCUT2D eigenvalue weighted by Gasteiger charge is 2.46. The molecule has 3 heterocycles. The number of fused-ring (bicyclic) bond motifs is 1. The minimum atomic E-state index is -1.88. The predicted molar refractivity (Wildman–Crippen MR) is 172 cm³/mol. The van der Waals surface area contributed by atoms with Crippen molar-refractivity contribution >= 4 is 41.9 Å². The molecule has 2 aromatic carbocycles. The number of esters is 1. The summed E-state index contributed by atoms with van der Waals surface area (Å²) in [5.41, 5.74) is 0.865. The third-order valence-corrected chi connectivity index (χ3v) is 8.45. The van der Waals surface area contributed by atoms with Crippen LogP contribution in [0.2, 0.25) is 0 Å². The number of aliphatic carboxylic acids is 3. The molecule has 3 aliphatic heterocycles. The fraction of sp³-hybridized carbons (Fsp3) is 0.324. The van der Waals surface area contributed by atoms with Gasteiger partial charge in [-0.3, -0.25) is 0 Å². The van der Waals surface area contributed by atoms with Gasteiger partial charge in [-0.15, -0.1) is 0 Å². The fourth-order valence-electron chi connectivity index (χ4n) is 5.73. The molecular weight excluding hydrogens is 692 g/mol. The summed E-state index contributed by atoms with van der Waals surface area (Å²) in [5, 5.41) is 85.5. The monoisotopic (exact) mass is 726 g/mol. The second-order valence-corrected chi connectivity index (χ2v) is 11.9. The molecule has 0 amide bonds. The smallest absolute Gasteiger partial charge is 0.351 e. The molecule has 7 atom stereocenters. The summed E-state index contributed by atoms with van der Waals surface area (Å²) in [4.78, 5) is 47.6. The summed E-state index contributed by atoms with van der Waals surface area (Å²) in [7, 11) is 1.36. The van der Waals surface area contributed by atoms with Crippen molar-refractivity contribution in [2.24, 2.45) is 0 Å². The van der Waals surface area contributed by atoms with Gasteiger partial charge in [0, 0.05) is 30.6 Å². The highest BCUT2D eigenvalue weighted by Crippen LogP contribution is 2.40. The minimum Gasteiger partial charge on any atom is -0.543 e. The number of carbonyl (C=O) groups excluding carboxylic acids is 2. The van der Waals surface area contributed by atoms with Crippen LogP contribution >= 0.6 is 0 Å². The first-order valence-electron chi connectivity index (χ1n) is 15.6. The molecule has 5 rings (SSSR count). The fourth-order valence-corrected chi connectivity index (χ4v) is 5.73. The number of nitrogens with zero attached hydrogens (tertiary/aromatic N) is 1. The van der Waals surface area contributed by atoms with Crippen LogP contribution in [-0.2, 0) is 35.1 Å². The van der Waals surface area contributed by atoms with E-state index in [1.165, 1.54) is 66.5 Å². The summed E-state index contributed by atoms with van der Waals surface area (Å²) in [6.45, 7) is -0.607. The number of carboxylic acids is 3. The van der Waals surface area contributed by atoms with Gasteiger partial charge in [0.05, 0.1) is 13.2 Å². The normalized spacial score (nSPS) is 27.1. The van der Waals surface area contributed by atoms with Gasteiger partial charge in [-0.25, -0.2) is 14.4 Å². The molecular formula is C34H34N2O16. The maximum Gasteiger partial charge on any atom is 0.351 e. The number of aliphatic hydroxyl groups is 3. The predicted octanol–water partition coefficient (Wildman–Crippen LogP) is -1.72. The average molecular weight is 727 g/mol. The summed E-state index contributed by atoms with van der Waals surface area (Å²) in [5.74, 6) is -5.86. The number of phenols is 2. The first-order chi connectivity index (χ1) is 24.7. The number of aromatic hydroxyl groups is 2. The van der Waals surface area contributed by atoms with Crippen LogP contribution in [0.3, 0.4) is 0 Å². The van der Waals surface area contributed by atoms with Crippen LogP contribution in [0, 0.1) is 0 Å². The molecule has 1 saturated heterocycles. The summed E-state index contributed by atoms with van der Waals surface area (Å²) in [6, 6.07) is 4.19. The zero-order valence-corrected chi connectivity index (χ0v) is 27.2. The number of phenolic OH excluding ortho intramolecular Hbond substituents is 2. The van der Waals surface area contributed by atoms with Gasteiger partial charge in [0.1, 0.15) is 48.7 Å². The molecule has 2 aromatic rings. The molecule has 18 heteroatoms. The summed E-state index contributed by atoms with van der Waals surface area (Å²) < 4.78 is 22.7. The highest BCUT2D eigenvalue weighted by molar-refractivity contribution is 5.90. The van der Waals surface area contributed by atoms with E-state index in [1.54, 1.807) is 0 Å². The molecule has 52 heavy (non-hydrogen) atoms. The van der Waals surface area contributed by atoms with E-state index in [-0.39, 0.29) is 47.0 Å². The molecule has 0 aliphatic carbocycles. The molecule has 8 N–H and O–H groups in total. The molecule has 0 aromatic heterocycles. The van der Waals surface area contributed by atoms with E-state index in [2.05, 4.69) is 5.32 Å². The lowest BCUT2D eigenvalue weighted by Crippen LogP contribution is -2.60. The Labute approximate surface area is 294 Å². The molecule has 3 aliphatic rings. The van der Waals surface area contributed by atoms with Gasteiger partial charge in [-0.1, -0.05) is 6.07 Å². The van der Waals surface area contributed by atoms with Crippen LogP contribution in [0.25, 0.3) is 6.08 Å². The van der Waals surface area contributed by atoms with Crippen molar-refractivity contribution in [3.05, 3.63) is 71.0 Å². The lowest BCUT2D eigenvalue weighted by molar-refractivity contribution is -0.475. The SMILES string of the molecule is COc1cc(/C=C/C(=O)OC[C@H]2O[C@@H](Oc3cc4c(cc3O)C[C@@H](C(=O)[O-])[N+]4=C/C=C3/C=C(C(=O)O)N[C@H](C(=O)O)C3)[C@H](O)[C@@H](O)[C@@H]2O)ccc1O. The topological polar surface area (TPSA) is 285 Å². The molecule has 276 valence electrons. The van der Waals surface area contributed by atoms with E-state index < -0.39 is 79.0 Å². The molecule has 0 saturated carbocycles. The number of allylic oxidation sites excluding steroid dienone is 2. The van der Waals surface area contributed by atoms with Crippen molar-refractivity contribution in [3.8, 4) is 23.0 Å². The standard InChI is InChI=1S/C34H34N2O16/c1-49-24-10-15(2-4-22(24)37)3-5-27(39)50-14-26-28(40)29(41)30(42)34(52-26)51-25-13-20-17(12-23(25)38)11-21(33(47)48)36(20)7-6-16-8-18(31(43)44)35-19(9-16)32(45)46/h2-8,10,12-13,19,21,26,28-30,34,40-42H,9,11,14H2,1H3,(H5,37,38,39,43,44,45,46,47,48)/t19-,21-,26+,28+,29-,30+,34+/m0/s1. The Bertz CT molecular complexity index is 1880. The van der Waals surface area contributed by atoms with Gasteiger partial charge in [-0.2, -0.15) is 4.58 Å². The van der Waals surface area contributed by atoms with E-state index in [0.717, 1.165) is 6.08 Å². The zero-order valence-electron chi connectivity index (χ0n) is 27.2. The largest absolute Gasteiger partial charge is 0.543 e. The second-order valence-electron chi connectivity index (χ2n) is 11.9. The number of benzene rings is 2. The number of nitrogens with one attached hydrogen (secondary N) is 1. The van der Waals surface area contributed by atoms with E-state index in [9.17, 15) is 60.0 Å². The van der Waals surface area contributed by atoms with E-state index in [4.69, 9.17) is 18.9 Å². The van der Waals surface area contributed by atoms with Crippen molar-refractivity contribution in [1.82, 2.24) is 5.32 Å². The number of rotatable bonds is 11. The maximum atomic E-state index is 12.4. The summed E-state index contributed by atoms with van der Waals surface area (Å²) >= 11 is 0.